The first-order valence-corrected chi connectivity index (χ1v) is 8.67. The molecule has 0 spiro atoms. The molecule has 1 aliphatic heterocycles. The summed E-state index contributed by atoms with van der Waals surface area (Å²) in [6.07, 6.45) is 14.6. The Labute approximate surface area is 133 Å². The summed E-state index contributed by atoms with van der Waals surface area (Å²) >= 11 is 0. The fourth-order valence-electron chi connectivity index (χ4n) is 3.67. The Bertz CT molecular complexity index is 511. The maximum atomic E-state index is 6.25. The van der Waals surface area contributed by atoms with E-state index in [0.717, 1.165) is 62.9 Å². The third-order valence-corrected chi connectivity index (χ3v) is 5.23. The Morgan fingerprint density at radius 2 is 2.14 bits per heavy atom. The minimum atomic E-state index is 0.391. The van der Waals surface area contributed by atoms with Gasteiger partial charge in [0, 0.05) is 18.9 Å². The second-order valence-electron chi connectivity index (χ2n) is 6.74. The lowest BCUT2D eigenvalue weighted by atomic mass is 9.93. The van der Waals surface area contributed by atoms with Gasteiger partial charge in [0.1, 0.15) is 11.7 Å². The summed E-state index contributed by atoms with van der Waals surface area (Å²) in [5.41, 5.74) is 6.64. The van der Waals surface area contributed by atoms with Crippen LogP contribution in [0.25, 0.3) is 0 Å². The third kappa shape index (κ3) is 3.49. The molecule has 3 N–H and O–H groups in total. The zero-order valence-corrected chi connectivity index (χ0v) is 13.6. The van der Waals surface area contributed by atoms with Crippen LogP contribution >= 0.6 is 0 Å². The standard InChI is InChI=1S/C18H28N4/c1-2-21-16(22-17(19)14-7-11-20-12-8-14)6-10-18-9-4-3-5-15(18)13-18/h3-5,9,14-15,20H,2,6-8,10-13H2,1H3,(H2,19,21,22). The molecule has 2 atom stereocenters. The maximum Gasteiger partial charge on any atom is 0.125 e. The van der Waals surface area contributed by atoms with Gasteiger partial charge in [0.05, 0.1) is 0 Å². The highest BCUT2D eigenvalue weighted by atomic mass is 15.0. The molecule has 3 aliphatic rings. The first-order chi connectivity index (χ1) is 10.7. The summed E-state index contributed by atoms with van der Waals surface area (Å²) in [5.74, 6) is 2.90. The fourth-order valence-corrected chi connectivity index (χ4v) is 3.67. The van der Waals surface area contributed by atoms with E-state index in [0.29, 0.717) is 11.3 Å². The number of piperidine rings is 1. The molecule has 1 heterocycles. The fraction of sp³-hybridized carbons (Fsp3) is 0.667. The second kappa shape index (κ2) is 6.78. The summed E-state index contributed by atoms with van der Waals surface area (Å²) in [5, 5.41) is 3.37. The van der Waals surface area contributed by atoms with Gasteiger partial charge in [-0.1, -0.05) is 24.3 Å². The highest BCUT2D eigenvalue weighted by Crippen LogP contribution is 2.59. The minimum absolute atomic E-state index is 0.391. The molecule has 0 radical (unpaired) electrons. The zero-order chi connectivity index (χ0) is 15.4. The number of allylic oxidation sites excluding steroid dienone is 4. The summed E-state index contributed by atoms with van der Waals surface area (Å²) in [7, 11) is 0. The largest absolute Gasteiger partial charge is 0.387 e. The van der Waals surface area contributed by atoms with Gasteiger partial charge < -0.3 is 11.1 Å². The molecule has 3 rings (SSSR count). The molecule has 0 amide bonds. The molecule has 1 saturated carbocycles. The number of nitrogens with one attached hydrogen (secondary N) is 1. The molecule has 0 aromatic carbocycles. The number of aliphatic imine (C=N–C) groups is 2. The molecule has 120 valence electrons. The molecular weight excluding hydrogens is 272 g/mol. The van der Waals surface area contributed by atoms with Gasteiger partial charge >= 0.3 is 0 Å². The molecule has 4 heteroatoms. The lowest BCUT2D eigenvalue weighted by Crippen LogP contribution is -2.35. The third-order valence-electron chi connectivity index (χ3n) is 5.23. The van der Waals surface area contributed by atoms with Crippen molar-refractivity contribution in [2.24, 2.45) is 33.0 Å². The number of nitrogens with two attached hydrogens (primary N) is 1. The van der Waals surface area contributed by atoms with Gasteiger partial charge in [-0.2, -0.15) is 0 Å². The van der Waals surface area contributed by atoms with Crippen molar-refractivity contribution in [3.63, 3.8) is 0 Å². The Balaban J connectivity index is 1.59. The molecule has 22 heavy (non-hydrogen) atoms. The monoisotopic (exact) mass is 300 g/mol. The Morgan fingerprint density at radius 1 is 1.32 bits per heavy atom. The average molecular weight is 300 g/mol. The van der Waals surface area contributed by atoms with E-state index in [1.54, 1.807) is 0 Å². The van der Waals surface area contributed by atoms with Crippen molar-refractivity contribution in [1.29, 1.82) is 0 Å². The van der Waals surface area contributed by atoms with E-state index in [9.17, 15) is 0 Å². The predicted molar refractivity (Wildman–Crippen MR) is 93.2 cm³/mol. The number of hydrogen-bond acceptors (Lipinski definition) is 2. The van der Waals surface area contributed by atoms with Crippen molar-refractivity contribution in [2.75, 3.05) is 19.6 Å². The van der Waals surface area contributed by atoms with Crippen molar-refractivity contribution in [3.05, 3.63) is 24.3 Å². The Hall–Kier alpha value is -1.42. The smallest absolute Gasteiger partial charge is 0.125 e. The van der Waals surface area contributed by atoms with Crippen LogP contribution in [0.4, 0.5) is 0 Å². The Morgan fingerprint density at radius 3 is 2.86 bits per heavy atom. The van der Waals surface area contributed by atoms with E-state index in [4.69, 9.17) is 10.7 Å². The summed E-state index contributed by atoms with van der Waals surface area (Å²) in [6, 6.07) is 0. The van der Waals surface area contributed by atoms with Gasteiger partial charge in [0.15, 0.2) is 0 Å². The second-order valence-corrected chi connectivity index (χ2v) is 6.74. The lowest BCUT2D eigenvalue weighted by molar-refractivity contribution is 0.454. The van der Waals surface area contributed by atoms with Crippen LogP contribution in [0.3, 0.4) is 0 Å². The van der Waals surface area contributed by atoms with Gasteiger partial charge in [-0.05, 0) is 57.0 Å². The van der Waals surface area contributed by atoms with E-state index in [2.05, 4.69) is 41.5 Å². The van der Waals surface area contributed by atoms with E-state index >= 15 is 0 Å². The van der Waals surface area contributed by atoms with Crippen molar-refractivity contribution in [2.45, 2.75) is 39.0 Å². The molecule has 0 bridgehead atoms. The molecule has 2 aliphatic carbocycles. The van der Waals surface area contributed by atoms with Crippen LogP contribution < -0.4 is 11.1 Å². The van der Waals surface area contributed by atoms with Crippen LogP contribution in [0.5, 0.6) is 0 Å². The molecular formula is C18H28N4. The Kier molecular flexibility index (Phi) is 4.77. The first-order valence-electron chi connectivity index (χ1n) is 8.67. The highest BCUT2D eigenvalue weighted by molar-refractivity contribution is 5.97. The van der Waals surface area contributed by atoms with Crippen LogP contribution in [-0.2, 0) is 0 Å². The summed E-state index contributed by atoms with van der Waals surface area (Å²) < 4.78 is 0. The van der Waals surface area contributed by atoms with Gasteiger partial charge in [-0.15, -0.1) is 0 Å². The summed E-state index contributed by atoms with van der Waals surface area (Å²) in [6.45, 7) is 4.94. The van der Waals surface area contributed by atoms with Crippen molar-refractivity contribution >= 4 is 11.7 Å². The van der Waals surface area contributed by atoms with Gasteiger partial charge in [-0.3, -0.25) is 4.99 Å². The van der Waals surface area contributed by atoms with Crippen LogP contribution in [0.15, 0.2) is 34.3 Å². The topological polar surface area (TPSA) is 62.8 Å². The van der Waals surface area contributed by atoms with Crippen LogP contribution in [0, 0.1) is 17.3 Å². The number of hydrogen-bond donors (Lipinski definition) is 2. The molecule has 4 nitrogen and oxygen atoms in total. The number of fused-ring (bicyclic) bond motifs is 1. The average Bonchev–Trinajstić information content (AvgIpc) is 3.28. The molecule has 0 aromatic rings. The lowest BCUT2D eigenvalue weighted by Gasteiger charge is -2.22. The van der Waals surface area contributed by atoms with Crippen LogP contribution in [0.2, 0.25) is 0 Å². The van der Waals surface area contributed by atoms with E-state index in [1.807, 2.05) is 0 Å². The maximum absolute atomic E-state index is 6.25. The van der Waals surface area contributed by atoms with Crippen molar-refractivity contribution < 1.29 is 0 Å². The zero-order valence-electron chi connectivity index (χ0n) is 13.6. The van der Waals surface area contributed by atoms with Gasteiger partial charge in [0.25, 0.3) is 0 Å². The quantitative estimate of drug-likeness (QED) is 0.605. The highest BCUT2D eigenvalue weighted by Gasteiger charge is 2.50. The molecule has 2 unspecified atom stereocenters. The van der Waals surface area contributed by atoms with E-state index < -0.39 is 0 Å². The SMILES string of the molecule is CCN=C(CCC12C=CC=CC1C2)N=C(N)C1CCNCC1. The van der Waals surface area contributed by atoms with Gasteiger partial charge in [0.2, 0.25) is 0 Å². The summed E-state index contributed by atoms with van der Waals surface area (Å²) in [4.78, 5) is 9.28. The van der Waals surface area contributed by atoms with Gasteiger partial charge in [-0.25, -0.2) is 4.99 Å². The van der Waals surface area contributed by atoms with Crippen LogP contribution in [-0.4, -0.2) is 31.3 Å². The minimum Gasteiger partial charge on any atom is -0.387 e. The number of nitrogens with zero attached hydrogens (tertiary/aromatic N) is 2. The molecule has 1 saturated heterocycles. The van der Waals surface area contributed by atoms with Crippen molar-refractivity contribution in [1.82, 2.24) is 5.32 Å². The molecule has 0 aromatic heterocycles. The first kappa shape index (κ1) is 15.5. The number of rotatable bonds is 5. The van der Waals surface area contributed by atoms with E-state index in [1.165, 1.54) is 6.42 Å². The number of amidine groups is 2. The van der Waals surface area contributed by atoms with E-state index in [-0.39, 0.29) is 0 Å². The van der Waals surface area contributed by atoms with Crippen molar-refractivity contribution in [3.8, 4) is 0 Å². The molecule has 2 fully saturated rings. The normalized spacial score (nSPS) is 32.1. The van der Waals surface area contributed by atoms with Crippen LogP contribution in [0.1, 0.15) is 39.0 Å². The predicted octanol–water partition coefficient (Wildman–Crippen LogP) is 2.67.